The number of rotatable bonds is 6. The maximum atomic E-state index is 12.8. The van der Waals surface area contributed by atoms with Crippen LogP contribution in [0.2, 0.25) is 0 Å². The normalized spacial score (nSPS) is 12.5. The molecule has 2 nitrogen and oxygen atoms in total. The highest BCUT2D eigenvalue weighted by Crippen LogP contribution is 2.13. The van der Waals surface area contributed by atoms with E-state index in [1.54, 1.807) is 12.1 Å². The molecule has 1 unspecified atom stereocenters. The number of nitrogens with two attached hydrogens (primary N) is 1. The summed E-state index contributed by atoms with van der Waals surface area (Å²) < 4.78 is 18.2. The Kier molecular flexibility index (Phi) is 5.12. The zero-order chi connectivity index (χ0) is 11.1. The topological polar surface area (TPSA) is 35.2 Å². The maximum Gasteiger partial charge on any atom is 0.126 e. The van der Waals surface area contributed by atoms with E-state index in [-0.39, 0.29) is 5.82 Å². The van der Waals surface area contributed by atoms with Crippen molar-refractivity contribution in [3.8, 4) is 5.75 Å². The van der Waals surface area contributed by atoms with Crippen molar-refractivity contribution >= 4 is 0 Å². The van der Waals surface area contributed by atoms with Crippen molar-refractivity contribution in [2.75, 3.05) is 13.2 Å². The van der Waals surface area contributed by atoms with E-state index in [2.05, 4.69) is 6.92 Å². The average molecular weight is 211 g/mol. The fraction of sp³-hybridized carbons (Fsp3) is 0.500. The van der Waals surface area contributed by atoms with Crippen molar-refractivity contribution in [3.63, 3.8) is 0 Å². The Labute approximate surface area is 90.2 Å². The third-order valence-corrected chi connectivity index (χ3v) is 2.33. The Morgan fingerprint density at radius 1 is 1.40 bits per heavy atom. The van der Waals surface area contributed by atoms with Crippen molar-refractivity contribution < 1.29 is 9.13 Å². The zero-order valence-electron chi connectivity index (χ0n) is 9.08. The lowest BCUT2D eigenvalue weighted by atomic mass is 10.1. The number of benzene rings is 1. The van der Waals surface area contributed by atoms with Gasteiger partial charge in [-0.25, -0.2) is 4.39 Å². The van der Waals surface area contributed by atoms with Crippen LogP contribution in [0.15, 0.2) is 24.3 Å². The fourth-order valence-electron chi connectivity index (χ4n) is 1.36. The second-order valence-corrected chi connectivity index (χ2v) is 3.78. The van der Waals surface area contributed by atoms with Crippen molar-refractivity contribution in [1.29, 1.82) is 0 Å². The molecule has 0 fully saturated rings. The molecule has 0 bridgehead atoms. The molecule has 0 spiro atoms. The maximum absolute atomic E-state index is 12.8. The van der Waals surface area contributed by atoms with Crippen LogP contribution in [-0.4, -0.2) is 13.2 Å². The highest BCUT2D eigenvalue weighted by molar-refractivity contribution is 5.22. The van der Waals surface area contributed by atoms with E-state index in [1.807, 2.05) is 0 Å². The molecule has 0 aliphatic heterocycles. The van der Waals surface area contributed by atoms with E-state index >= 15 is 0 Å². The second-order valence-electron chi connectivity index (χ2n) is 3.78. The summed E-state index contributed by atoms with van der Waals surface area (Å²) in [7, 11) is 0. The molecular weight excluding hydrogens is 193 g/mol. The van der Waals surface area contributed by atoms with Crippen LogP contribution in [0.3, 0.4) is 0 Å². The lowest BCUT2D eigenvalue weighted by molar-refractivity contribution is 0.279. The number of halogens is 1. The van der Waals surface area contributed by atoms with Gasteiger partial charge in [0.05, 0.1) is 6.61 Å². The summed E-state index contributed by atoms with van der Waals surface area (Å²) in [6.45, 7) is 3.47. The van der Waals surface area contributed by atoms with E-state index in [0.717, 1.165) is 12.8 Å². The van der Waals surface area contributed by atoms with Gasteiger partial charge in [-0.2, -0.15) is 0 Å². The number of hydrogen-bond donors (Lipinski definition) is 1. The molecule has 0 amide bonds. The number of ether oxygens (including phenoxy) is 1. The van der Waals surface area contributed by atoms with Gasteiger partial charge in [-0.15, -0.1) is 0 Å². The Hall–Kier alpha value is -1.09. The van der Waals surface area contributed by atoms with Gasteiger partial charge in [0.15, 0.2) is 0 Å². The van der Waals surface area contributed by atoms with E-state index < -0.39 is 0 Å². The molecule has 1 atom stereocenters. The highest BCUT2D eigenvalue weighted by Gasteiger charge is 2.01. The van der Waals surface area contributed by atoms with Crippen LogP contribution in [0.1, 0.15) is 19.8 Å². The molecule has 15 heavy (non-hydrogen) atoms. The Morgan fingerprint density at radius 3 is 2.87 bits per heavy atom. The molecule has 0 saturated carbocycles. The zero-order valence-corrected chi connectivity index (χ0v) is 9.08. The Balaban J connectivity index is 2.25. The standard InChI is InChI=1S/C12H18FNO/c1-10(5-7-14)6-8-15-12-4-2-3-11(13)9-12/h2-4,9-10H,5-8,14H2,1H3. The molecule has 0 aliphatic rings. The first kappa shape index (κ1) is 12.0. The molecule has 3 heteroatoms. The molecule has 0 aliphatic carbocycles. The summed E-state index contributed by atoms with van der Waals surface area (Å²) in [6, 6.07) is 6.21. The highest BCUT2D eigenvalue weighted by atomic mass is 19.1. The van der Waals surface area contributed by atoms with Crippen LogP contribution in [0.5, 0.6) is 5.75 Å². The van der Waals surface area contributed by atoms with Crippen molar-refractivity contribution in [2.45, 2.75) is 19.8 Å². The minimum absolute atomic E-state index is 0.262. The lowest BCUT2D eigenvalue weighted by Gasteiger charge is -2.10. The summed E-state index contributed by atoms with van der Waals surface area (Å²) in [5.74, 6) is 0.890. The van der Waals surface area contributed by atoms with Crippen molar-refractivity contribution in [1.82, 2.24) is 0 Å². The summed E-state index contributed by atoms with van der Waals surface area (Å²) in [4.78, 5) is 0. The quantitative estimate of drug-likeness (QED) is 0.785. The molecule has 1 aromatic carbocycles. The smallest absolute Gasteiger partial charge is 0.126 e. The molecule has 2 N–H and O–H groups in total. The Bertz CT molecular complexity index is 291. The van der Waals surface area contributed by atoms with Gasteiger partial charge in [-0.3, -0.25) is 0 Å². The second kappa shape index (κ2) is 6.40. The van der Waals surface area contributed by atoms with Crippen LogP contribution in [-0.2, 0) is 0 Å². The molecule has 1 rings (SSSR count). The first-order valence-corrected chi connectivity index (χ1v) is 5.31. The SMILES string of the molecule is CC(CCN)CCOc1cccc(F)c1. The van der Waals surface area contributed by atoms with E-state index in [1.165, 1.54) is 12.1 Å². The van der Waals surface area contributed by atoms with Crippen LogP contribution < -0.4 is 10.5 Å². The van der Waals surface area contributed by atoms with Gasteiger partial charge >= 0.3 is 0 Å². The summed E-state index contributed by atoms with van der Waals surface area (Å²) in [5.41, 5.74) is 5.44. The third kappa shape index (κ3) is 4.79. The van der Waals surface area contributed by atoms with Gasteiger partial charge in [-0.05, 0) is 37.4 Å². The van der Waals surface area contributed by atoms with Gasteiger partial charge in [0.1, 0.15) is 11.6 Å². The van der Waals surface area contributed by atoms with Crippen molar-refractivity contribution in [2.24, 2.45) is 11.7 Å². The summed E-state index contributed by atoms with van der Waals surface area (Å²) in [6.07, 6.45) is 1.96. The first-order chi connectivity index (χ1) is 7.22. The monoisotopic (exact) mass is 211 g/mol. The van der Waals surface area contributed by atoms with Crippen LogP contribution in [0.4, 0.5) is 4.39 Å². The molecule has 0 heterocycles. The predicted octanol–water partition coefficient (Wildman–Crippen LogP) is 2.58. The summed E-state index contributed by atoms with van der Waals surface area (Å²) >= 11 is 0. The van der Waals surface area contributed by atoms with Crippen LogP contribution >= 0.6 is 0 Å². The third-order valence-electron chi connectivity index (χ3n) is 2.33. The molecular formula is C12H18FNO. The van der Waals surface area contributed by atoms with Crippen LogP contribution in [0.25, 0.3) is 0 Å². The molecule has 1 aromatic rings. The molecule has 84 valence electrons. The fourth-order valence-corrected chi connectivity index (χ4v) is 1.36. The molecule has 0 saturated heterocycles. The predicted molar refractivity (Wildman–Crippen MR) is 59.3 cm³/mol. The largest absolute Gasteiger partial charge is 0.493 e. The van der Waals surface area contributed by atoms with E-state index in [9.17, 15) is 4.39 Å². The van der Waals surface area contributed by atoms with Gasteiger partial charge < -0.3 is 10.5 Å². The van der Waals surface area contributed by atoms with Gasteiger partial charge in [-0.1, -0.05) is 13.0 Å². The van der Waals surface area contributed by atoms with Gasteiger partial charge in [0.25, 0.3) is 0 Å². The minimum Gasteiger partial charge on any atom is -0.493 e. The average Bonchev–Trinajstić information content (AvgIpc) is 2.18. The first-order valence-electron chi connectivity index (χ1n) is 5.31. The van der Waals surface area contributed by atoms with Gasteiger partial charge in [0.2, 0.25) is 0 Å². The Morgan fingerprint density at radius 2 is 2.20 bits per heavy atom. The lowest BCUT2D eigenvalue weighted by Crippen LogP contribution is -2.09. The molecule has 0 aromatic heterocycles. The van der Waals surface area contributed by atoms with E-state index in [0.29, 0.717) is 24.8 Å². The van der Waals surface area contributed by atoms with Crippen molar-refractivity contribution in [3.05, 3.63) is 30.1 Å². The van der Waals surface area contributed by atoms with E-state index in [4.69, 9.17) is 10.5 Å². The number of hydrogen-bond acceptors (Lipinski definition) is 2. The summed E-state index contributed by atoms with van der Waals surface area (Å²) in [5, 5.41) is 0. The van der Waals surface area contributed by atoms with Crippen LogP contribution in [0, 0.1) is 11.7 Å². The minimum atomic E-state index is -0.262. The molecule has 0 radical (unpaired) electrons. The van der Waals surface area contributed by atoms with Gasteiger partial charge in [0, 0.05) is 6.07 Å².